The minimum Gasteiger partial charge on any atom is -0.497 e. The van der Waals surface area contributed by atoms with Gasteiger partial charge in [0.2, 0.25) is 11.8 Å². The maximum Gasteiger partial charge on any atom is 0.244 e. The van der Waals surface area contributed by atoms with Gasteiger partial charge in [0.25, 0.3) is 0 Å². The molecule has 2 amide bonds. The summed E-state index contributed by atoms with van der Waals surface area (Å²) in [6.07, 6.45) is 3.09. The molecule has 0 aliphatic carbocycles. The van der Waals surface area contributed by atoms with Gasteiger partial charge in [0, 0.05) is 11.6 Å². The van der Waals surface area contributed by atoms with Crippen molar-refractivity contribution in [1.29, 1.82) is 0 Å². The predicted molar refractivity (Wildman–Crippen MR) is 105 cm³/mol. The van der Waals surface area contributed by atoms with E-state index >= 15 is 0 Å². The summed E-state index contributed by atoms with van der Waals surface area (Å²) in [7, 11) is 3.15. The van der Waals surface area contributed by atoms with Crippen LogP contribution in [-0.4, -0.2) is 32.6 Å². The van der Waals surface area contributed by atoms with Crippen molar-refractivity contribution in [3.05, 3.63) is 65.7 Å². The van der Waals surface area contributed by atoms with Crippen LogP contribution < -0.4 is 20.1 Å². The smallest absolute Gasteiger partial charge is 0.244 e. The number of rotatable bonds is 8. The SMILES string of the molecule is COc1ccc(OC)c([C@@H](C)NC(=O)CNC(=O)/C=C/c2ccccc2)c1. The third-order valence-electron chi connectivity index (χ3n) is 3.93. The van der Waals surface area contributed by atoms with Crippen LogP contribution in [0.5, 0.6) is 11.5 Å². The van der Waals surface area contributed by atoms with Crippen molar-refractivity contribution in [3.8, 4) is 11.5 Å². The number of carbonyl (C=O) groups is 2. The lowest BCUT2D eigenvalue weighted by atomic mass is 10.1. The predicted octanol–water partition coefficient (Wildman–Crippen LogP) is 2.71. The van der Waals surface area contributed by atoms with Gasteiger partial charge in [-0.1, -0.05) is 30.3 Å². The van der Waals surface area contributed by atoms with E-state index in [1.54, 1.807) is 32.4 Å². The first-order chi connectivity index (χ1) is 13.0. The van der Waals surface area contributed by atoms with Crippen LogP contribution in [-0.2, 0) is 9.59 Å². The molecule has 2 aromatic rings. The molecule has 0 bridgehead atoms. The molecule has 0 saturated carbocycles. The summed E-state index contributed by atoms with van der Waals surface area (Å²) < 4.78 is 10.6. The molecular formula is C21H24N2O4. The third-order valence-corrected chi connectivity index (χ3v) is 3.93. The highest BCUT2D eigenvalue weighted by Crippen LogP contribution is 2.29. The molecule has 142 valence electrons. The molecular weight excluding hydrogens is 344 g/mol. The minimum absolute atomic E-state index is 0.116. The van der Waals surface area contributed by atoms with Gasteiger partial charge >= 0.3 is 0 Å². The molecule has 0 saturated heterocycles. The summed E-state index contributed by atoms with van der Waals surface area (Å²) in [4.78, 5) is 24.0. The molecule has 0 spiro atoms. The Hall–Kier alpha value is -3.28. The van der Waals surface area contributed by atoms with Crippen LogP contribution in [0.3, 0.4) is 0 Å². The maximum atomic E-state index is 12.1. The third kappa shape index (κ3) is 6.18. The lowest BCUT2D eigenvalue weighted by Gasteiger charge is -2.18. The van der Waals surface area contributed by atoms with Crippen molar-refractivity contribution >= 4 is 17.9 Å². The maximum absolute atomic E-state index is 12.1. The number of hydrogen-bond donors (Lipinski definition) is 2. The topological polar surface area (TPSA) is 76.7 Å². The zero-order valence-corrected chi connectivity index (χ0v) is 15.7. The molecule has 0 aliphatic rings. The first kappa shape index (κ1) is 20.0. The van der Waals surface area contributed by atoms with Crippen LogP contribution in [0.2, 0.25) is 0 Å². The van der Waals surface area contributed by atoms with Crippen LogP contribution in [0.4, 0.5) is 0 Å². The number of carbonyl (C=O) groups excluding carboxylic acids is 2. The zero-order valence-electron chi connectivity index (χ0n) is 15.7. The Bertz CT molecular complexity index is 803. The van der Waals surface area contributed by atoms with Crippen LogP contribution in [0, 0.1) is 0 Å². The Morgan fingerprint density at radius 2 is 1.81 bits per heavy atom. The van der Waals surface area contributed by atoms with Gasteiger partial charge in [-0.15, -0.1) is 0 Å². The first-order valence-electron chi connectivity index (χ1n) is 8.55. The van der Waals surface area contributed by atoms with Crippen LogP contribution in [0.1, 0.15) is 24.1 Å². The highest BCUT2D eigenvalue weighted by molar-refractivity contribution is 5.94. The summed E-state index contributed by atoms with van der Waals surface area (Å²) in [6, 6.07) is 14.5. The van der Waals surface area contributed by atoms with Gasteiger partial charge in [-0.25, -0.2) is 0 Å². The van der Waals surface area contributed by atoms with Crippen molar-refractivity contribution in [1.82, 2.24) is 10.6 Å². The van der Waals surface area contributed by atoms with E-state index < -0.39 is 0 Å². The summed E-state index contributed by atoms with van der Waals surface area (Å²) in [5.74, 6) is 0.694. The Kier molecular flexibility index (Phi) is 7.43. The van der Waals surface area contributed by atoms with Crippen LogP contribution >= 0.6 is 0 Å². The quantitative estimate of drug-likeness (QED) is 0.703. The monoisotopic (exact) mass is 368 g/mol. The van der Waals surface area contributed by atoms with E-state index in [1.165, 1.54) is 6.08 Å². The molecule has 0 fully saturated rings. The van der Waals surface area contributed by atoms with Crippen LogP contribution in [0.15, 0.2) is 54.6 Å². The summed E-state index contributed by atoms with van der Waals surface area (Å²) in [6.45, 7) is 1.72. The molecule has 0 aliphatic heterocycles. The summed E-state index contributed by atoms with van der Waals surface area (Å²) in [5, 5.41) is 5.40. The average molecular weight is 368 g/mol. The number of amides is 2. The van der Waals surface area contributed by atoms with Gasteiger partial charge in [0.05, 0.1) is 26.8 Å². The normalized spacial score (nSPS) is 11.7. The highest BCUT2D eigenvalue weighted by Gasteiger charge is 2.15. The van der Waals surface area contributed by atoms with Gasteiger partial charge in [0.1, 0.15) is 11.5 Å². The second kappa shape index (κ2) is 10.0. The minimum atomic E-state index is -0.333. The Morgan fingerprint density at radius 1 is 1.07 bits per heavy atom. The summed E-state index contributed by atoms with van der Waals surface area (Å²) >= 11 is 0. The number of hydrogen-bond acceptors (Lipinski definition) is 4. The van der Waals surface area contributed by atoms with Crippen LogP contribution in [0.25, 0.3) is 6.08 Å². The second-order valence-corrected chi connectivity index (χ2v) is 5.86. The molecule has 6 heteroatoms. The lowest BCUT2D eigenvalue weighted by molar-refractivity contribution is -0.124. The second-order valence-electron chi connectivity index (χ2n) is 5.86. The molecule has 2 N–H and O–H groups in total. The molecule has 0 unspecified atom stereocenters. The standard InChI is InChI=1S/C21H24N2O4/c1-15(18-13-17(26-2)10-11-19(18)27-3)23-21(25)14-22-20(24)12-9-16-7-5-4-6-8-16/h4-13,15H,14H2,1-3H3,(H,22,24)(H,23,25)/b12-9+/t15-/m1/s1. The molecule has 0 aromatic heterocycles. The zero-order chi connectivity index (χ0) is 19.6. The molecule has 2 rings (SSSR count). The fraction of sp³-hybridized carbons (Fsp3) is 0.238. The fourth-order valence-electron chi connectivity index (χ4n) is 2.51. The first-order valence-corrected chi connectivity index (χ1v) is 8.55. The van der Waals surface area contributed by atoms with Gasteiger partial charge < -0.3 is 20.1 Å². The lowest BCUT2D eigenvalue weighted by Crippen LogP contribution is -2.37. The number of ether oxygens (including phenoxy) is 2. The van der Waals surface area contributed by atoms with Gasteiger partial charge in [-0.3, -0.25) is 9.59 Å². The van der Waals surface area contributed by atoms with E-state index in [1.807, 2.05) is 43.3 Å². The highest BCUT2D eigenvalue weighted by atomic mass is 16.5. The van der Waals surface area contributed by atoms with Gasteiger partial charge in [0.15, 0.2) is 0 Å². The van der Waals surface area contributed by atoms with Crippen molar-refractivity contribution in [2.75, 3.05) is 20.8 Å². The van der Waals surface area contributed by atoms with E-state index in [9.17, 15) is 9.59 Å². The molecule has 1 atom stereocenters. The van der Waals surface area contributed by atoms with Gasteiger partial charge in [-0.05, 0) is 36.8 Å². The Labute approximate surface area is 159 Å². The molecule has 0 radical (unpaired) electrons. The average Bonchev–Trinajstić information content (AvgIpc) is 2.70. The molecule has 27 heavy (non-hydrogen) atoms. The van der Waals surface area contributed by atoms with Crippen molar-refractivity contribution in [2.45, 2.75) is 13.0 Å². The molecule has 6 nitrogen and oxygen atoms in total. The number of methoxy groups -OCH3 is 2. The Morgan fingerprint density at radius 3 is 2.48 bits per heavy atom. The number of benzene rings is 2. The van der Waals surface area contributed by atoms with E-state index in [2.05, 4.69) is 10.6 Å². The van der Waals surface area contributed by atoms with Crippen molar-refractivity contribution < 1.29 is 19.1 Å². The van der Waals surface area contributed by atoms with E-state index in [4.69, 9.17) is 9.47 Å². The Balaban J connectivity index is 1.88. The van der Waals surface area contributed by atoms with Crippen molar-refractivity contribution in [2.24, 2.45) is 0 Å². The molecule has 0 heterocycles. The van der Waals surface area contributed by atoms with E-state index in [0.29, 0.717) is 11.5 Å². The molecule has 2 aromatic carbocycles. The van der Waals surface area contributed by atoms with Gasteiger partial charge in [-0.2, -0.15) is 0 Å². The van der Waals surface area contributed by atoms with E-state index in [-0.39, 0.29) is 24.4 Å². The fourth-order valence-corrected chi connectivity index (χ4v) is 2.51. The largest absolute Gasteiger partial charge is 0.497 e. The summed E-state index contributed by atoms with van der Waals surface area (Å²) in [5.41, 5.74) is 1.70. The van der Waals surface area contributed by atoms with E-state index in [0.717, 1.165) is 11.1 Å². The number of nitrogens with one attached hydrogen (secondary N) is 2. The van der Waals surface area contributed by atoms with Crippen molar-refractivity contribution in [3.63, 3.8) is 0 Å².